The Bertz CT molecular complexity index is 543. The summed E-state index contributed by atoms with van der Waals surface area (Å²) in [7, 11) is 0. The maximum atomic E-state index is 10.9. The first kappa shape index (κ1) is 11.7. The Balaban J connectivity index is 2.41. The molecule has 86 valence electrons. The van der Waals surface area contributed by atoms with Gasteiger partial charge in [0.2, 0.25) is 0 Å². The number of nitro benzene ring substituents is 1. The van der Waals surface area contributed by atoms with Gasteiger partial charge in [0.25, 0.3) is 5.69 Å². The van der Waals surface area contributed by atoms with E-state index in [2.05, 4.69) is 15.9 Å². The predicted molar refractivity (Wildman–Crippen MR) is 66.5 cm³/mol. The summed E-state index contributed by atoms with van der Waals surface area (Å²) >= 11 is 3.36. The number of nitrogens with zero attached hydrogens (tertiary/aromatic N) is 2. The van der Waals surface area contributed by atoms with Gasteiger partial charge in [-0.15, -0.1) is 0 Å². The molecule has 0 radical (unpaired) electrons. The van der Waals surface area contributed by atoms with Gasteiger partial charge >= 0.3 is 0 Å². The van der Waals surface area contributed by atoms with Gasteiger partial charge in [-0.2, -0.15) is 0 Å². The summed E-state index contributed by atoms with van der Waals surface area (Å²) in [5.74, 6) is 0. The van der Waals surface area contributed by atoms with Crippen LogP contribution in [-0.2, 0) is 6.54 Å². The molecule has 0 bridgehead atoms. The van der Waals surface area contributed by atoms with E-state index in [1.54, 1.807) is 6.07 Å². The number of rotatable bonds is 3. The van der Waals surface area contributed by atoms with Crippen molar-refractivity contribution < 1.29 is 9.49 Å². The minimum absolute atomic E-state index is 0.135. The Labute approximate surface area is 107 Å². The van der Waals surface area contributed by atoms with Gasteiger partial charge in [0.1, 0.15) is 5.56 Å². The summed E-state index contributed by atoms with van der Waals surface area (Å²) in [5, 5.41) is 10.9. The highest BCUT2D eigenvalue weighted by molar-refractivity contribution is 9.10. The molecule has 0 saturated carbocycles. The van der Waals surface area contributed by atoms with Gasteiger partial charge in [0.15, 0.2) is 18.9 Å². The zero-order valence-corrected chi connectivity index (χ0v) is 10.5. The number of aromatic nitrogens is 1. The first-order chi connectivity index (χ1) is 8.18. The van der Waals surface area contributed by atoms with E-state index >= 15 is 0 Å². The van der Waals surface area contributed by atoms with Crippen LogP contribution in [0.5, 0.6) is 0 Å². The molecule has 0 aliphatic rings. The molecule has 2 rings (SSSR count). The van der Waals surface area contributed by atoms with Crippen molar-refractivity contribution in [3.8, 4) is 0 Å². The minimum atomic E-state index is -0.358. The summed E-state index contributed by atoms with van der Waals surface area (Å²) in [4.78, 5) is 10.6. The molecule has 0 N–H and O–H groups in total. The monoisotopic (exact) mass is 293 g/mol. The second kappa shape index (κ2) is 5.05. The Hall–Kier alpha value is -1.75. The van der Waals surface area contributed by atoms with Crippen molar-refractivity contribution in [3.63, 3.8) is 0 Å². The Morgan fingerprint density at radius 1 is 1.18 bits per heavy atom. The maximum Gasteiger partial charge on any atom is 0.280 e. The molecule has 0 fully saturated rings. The lowest BCUT2D eigenvalue weighted by Crippen LogP contribution is -2.33. The Kier molecular flexibility index (Phi) is 3.49. The SMILES string of the molecule is O=[N+]([O-])c1cccc(Br)c1C[n+]1ccccc1. The van der Waals surface area contributed by atoms with Gasteiger partial charge in [-0.25, -0.2) is 4.57 Å². The van der Waals surface area contributed by atoms with E-state index < -0.39 is 0 Å². The van der Waals surface area contributed by atoms with Crippen molar-refractivity contribution >= 4 is 21.6 Å². The van der Waals surface area contributed by atoms with Crippen LogP contribution in [-0.4, -0.2) is 4.92 Å². The van der Waals surface area contributed by atoms with E-state index in [-0.39, 0.29) is 10.6 Å². The van der Waals surface area contributed by atoms with Crippen molar-refractivity contribution in [3.05, 3.63) is 68.9 Å². The fourth-order valence-corrected chi connectivity index (χ4v) is 2.08. The highest BCUT2D eigenvalue weighted by Crippen LogP contribution is 2.26. The second-order valence-electron chi connectivity index (χ2n) is 3.54. The van der Waals surface area contributed by atoms with Crippen LogP contribution in [0, 0.1) is 10.1 Å². The molecule has 17 heavy (non-hydrogen) atoms. The summed E-state index contributed by atoms with van der Waals surface area (Å²) in [6, 6.07) is 10.7. The first-order valence-corrected chi connectivity index (χ1v) is 5.83. The Morgan fingerprint density at radius 2 is 1.88 bits per heavy atom. The highest BCUT2D eigenvalue weighted by atomic mass is 79.9. The fourth-order valence-electron chi connectivity index (χ4n) is 1.60. The van der Waals surface area contributed by atoms with Crippen LogP contribution in [0.3, 0.4) is 0 Å². The van der Waals surface area contributed by atoms with Crippen molar-refractivity contribution in [1.82, 2.24) is 0 Å². The number of benzene rings is 1. The molecule has 0 atom stereocenters. The Morgan fingerprint density at radius 3 is 2.53 bits per heavy atom. The number of hydrogen-bond donors (Lipinski definition) is 0. The average molecular weight is 294 g/mol. The third kappa shape index (κ3) is 2.68. The zero-order chi connectivity index (χ0) is 12.3. The first-order valence-electron chi connectivity index (χ1n) is 5.04. The summed E-state index contributed by atoms with van der Waals surface area (Å²) in [6.45, 7) is 0.471. The van der Waals surface area contributed by atoms with Crippen molar-refractivity contribution in [1.29, 1.82) is 0 Å². The molecule has 2 aromatic rings. The van der Waals surface area contributed by atoms with Crippen molar-refractivity contribution in [2.24, 2.45) is 0 Å². The van der Waals surface area contributed by atoms with Gasteiger partial charge in [-0.05, 0) is 6.07 Å². The fraction of sp³-hybridized carbons (Fsp3) is 0.0833. The van der Waals surface area contributed by atoms with E-state index in [1.807, 2.05) is 41.2 Å². The summed E-state index contributed by atoms with van der Waals surface area (Å²) in [5.41, 5.74) is 0.810. The lowest BCUT2D eigenvalue weighted by Gasteiger charge is -2.02. The van der Waals surface area contributed by atoms with Crippen LogP contribution in [0.2, 0.25) is 0 Å². The second-order valence-corrected chi connectivity index (χ2v) is 4.40. The lowest BCUT2D eigenvalue weighted by molar-refractivity contribution is -0.688. The third-order valence-electron chi connectivity index (χ3n) is 2.41. The van der Waals surface area contributed by atoms with E-state index in [0.29, 0.717) is 12.1 Å². The van der Waals surface area contributed by atoms with Gasteiger partial charge in [0.05, 0.1) is 4.92 Å². The summed E-state index contributed by atoms with van der Waals surface area (Å²) < 4.78 is 2.65. The van der Waals surface area contributed by atoms with E-state index in [1.165, 1.54) is 6.07 Å². The van der Waals surface area contributed by atoms with E-state index in [9.17, 15) is 10.1 Å². The number of halogens is 1. The van der Waals surface area contributed by atoms with Crippen LogP contribution in [0.25, 0.3) is 0 Å². The molecule has 5 heteroatoms. The molecular weight excluding hydrogens is 284 g/mol. The number of nitro groups is 1. The molecule has 0 saturated heterocycles. The summed E-state index contributed by atoms with van der Waals surface area (Å²) in [6.07, 6.45) is 3.76. The van der Waals surface area contributed by atoms with Gasteiger partial charge in [-0.3, -0.25) is 10.1 Å². The van der Waals surface area contributed by atoms with Crippen LogP contribution in [0.4, 0.5) is 5.69 Å². The van der Waals surface area contributed by atoms with Gasteiger partial charge in [0, 0.05) is 22.7 Å². The third-order valence-corrected chi connectivity index (χ3v) is 3.15. The number of hydrogen-bond acceptors (Lipinski definition) is 2. The minimum Gasteiger partial charge on any atom is -0.258 e. The standard InChI is InChI=1S/C12H10BrN2O2/c13-11-5-4-6-12(15(16)17)10(11)9-14-7-2-1-3-8-14/h1-8H,9H2/q+1. The molecule has 0 spiro atoms. The smallest absolute Gasteiger partial charge is 0.258 e. The molecule has 1 heterocycles. The topological polar surface area (TPSA) is 47.0 Å². The number of pyridine rings is 1. The molecule has 4 nitrogen and oxygen atoms in total. The van der Waals surface area contributed by atoms with Crippen LogP contribution < -0.4 is 4.57 Å². The average Bonchev–Trinajstić information content (AvgIpc) is 2.33. The maximum absolute atomic E-state index is 10.9. The zero-order valence-electron chi connectivity index (χ0n) is 8.91. The van der Waals surface area contributed by atoms with E-state index in [4.69, 9.17) is 0 Å². The lowest BCUT2D eigenvalue weighted by atomic mass is 10.2. The largest absolute Gasteiger partial charge is 0.280 e. The molecule has 0 amide bonds. The van der Waals surface area contributed by atoms with Crippen LogP contribution in [0.1, 0.15) is 5.56 Å². The molecular formula is C12H10BrN2O2+. The molecule has 1 aromatic carbocycles. The van der Waals surface area contributed by atoms with Gasteiger partial charge in [-0.1, -0.05) is 28.1 Å². The molecule has 0 unspecified atom stereocenters. The van der Waals surface area contributed by atoms with Crippen molar-refractivity contribution in [2.45, 2.75) is 6.54 Å². The van der Waals surface area contributed by atoms with Crippen LogP contribution in [0.15, 0.2) is 53.3 Å². The molecule has 0 aliphatic carbocycles. The van der Waals surface area contributed by atoms with E-state index in [0.717, 1.165) is 4.47 Å². The highest BCUT2D eigenvalue weighted by Gasteiger charge is 2.19. The molecule has 1 aromatic heterocycles. The molecule has 0 aliphatic heterocycles. The predicted octanol–water partition coefficient (Wildman–Crippen LogP) is 2.69. The normalized spacial score (nSPS) is 10.2. The quantitative estimate of drug-likeness (QED) is 0.496. The van der Waals surface area contributed by atoms with Crippen LogP contribution >= 0.6 is 15.9 Å². The van der Waals surface area contributed by atoms with Crippen molar-refractivity contribution in [2.75, 3.05) is 0 Å². The van der Waals surface area contributed by atoms with Gasteiger partial charge < -0.3 is 0 Å².